The number of methoxy groups -OCH3 is 1. The molecule has 0 heterocycles. The van der Waals surface area contributed by atoms with Crippen LogP contribution in [0.15, 0.2) is 18.2 Å². The van der Waals surface area contributed by atoms with E-state index in [1.807, 2.05) is 0 Å². The fraction of sp³-hybridized carbons (Fsp3) is 0.600. The van der Waals surface area contributed by atoms with E-state index in [1.165, 1.54) is 45.3 Å². The van der Waals surface area contributed by atoms with Crippen LogP contribution in [0.3, 0.4) is 0 Å². The number of fused-ring (bicyclic) bond motifs is 1. The summed E-state index contributed by atoms with van der Waals surface area (Å²) in [4.78, 5) is 0. The standard InChI is InChI=1S/C20H26F2O/c1-3-4-5-6-13-7-8-15-14(13)9-10-16(15)17-11-12-18(23-2)20(22)19(17)21/h10-15H,3-9H2,1-2H3. The molecule has 3 atom stereocenters. The van der Waals surface area contributed by atoms with Gasteiger partial charge in [0.25, 0.3) is 0 Å². The predicted molar refractivity (Wildman–Crippen MR) is 89.4 cm³/mol. The van der Waals surface area contributed by atoms with E-state index in [0.717, 1.165) is 24.3 Å². The van der Waals surface area contributed by atoms with Crippen molar-refractivity contribution in [2.75, 3.05) is 7.11 Å². The predicted octanol–water partition coefficient (Wildman–Crippen LogP) is 5.98. The maximum atomic E-state index is 14.4. The summed E-state index contributed by atoms with van der Waals surface area (Å²) in [5, 5.41) is 0. The Morgan fingerprint density at radius 1 is 1.13 bits per heavy atom. The van der Waals surface area contributed by atoms with Gasteiger partial charge in [0.2, 0.25) is 5.82 Å². The Balaban J connectivity index is 1.76. The van der Waals surface area contributed by atoms with Gasteiger partial charge in [-0.25, -0.2) is 4.39 Å². The molecule has 2 aliphatic carbocycles. The summed E-state index contributed by atoms with van der Waals surface area (Å²) in [6.07, 6.45) is 10.6. The Kier molecular flexibility index (Phi) is 5.03. The van der Waals surface area contributed by atoms with E-state index in [0.29, 0.717) is 17.4 Å². The fourth-order valence-corrected chi connectivity index (χ4v) is 4.54. The minimum absolute atomic E-state index is 0.0229. The van der Waals surface area contributed by atoms with Gasteiger partial charge in [0.1, 0.15) is 0 Å². The van der Waals surface area contributed by atoms with Crippen molar-refractivity contribution in [3.05, 3.63) is 35.4 Å². The van der Waals surface area contributed by atoms with Crippen LogP contribution in [0.1, 0.15) is 57.4 Å². The molecule has 0 N–H and O–H groups in total. The fourth-order valence-electron chi connectivity index (χ4n) is 4.54. The molecule has 1 saturated carbocycles. The van der Waals surface area contributed by atoms with Gasteiger partial charge in [-0.3, -0.25) is 0 Å². The first-order chi connectivity index (χ1) is 11.2. The van der Waals surface area contributed by atoms with Gasteiger partial charge in [0.05, 0.1) is 7.11 Å². The van der Waals surface area contributed by atoms with Crippen LogP contribution >= 0.6 is 0 Å². The molecule has 0 aliphatic heterocycles. The Morgan fingerprint density at radius 3 is 2.70 bits per heavy atom. The molecule has 3 unspecified atom stereocenters. The number of ether oxygens (including phenoxy) is 1. The third-order valence-electron chi connectivity index (χ3n) is 5.74. The normalized spacial score (nSPS) is 26.3. The lowest BCUT2D eigenvalue weighted by atomic mass is 9.84. The molecule has 1 aromatic carbocycles. The lowest BCUT2D eigenvalue weighted by Gasteiger charge is -2.20. The van der Waals surface area contributed by atoms with Gasteiger partial charge in [0, 0.05) is 5.56 Å². The Morgan fingerprint density at radius 2 is 1.96 bits per heavy atom. The molecule has 3 heteroatoms. The van der Waals surface area contributed by atoms with Crippen LogP contribution in [0.2, 0.25) is 0 Å². The maximum absolute atomic E-state index is 14.4. The average Bonchev–Trinajstić information content (AvgIpc) is 3.13. The van der Waals surface area contributed by atoms with Gasteiger partial charge in [-0.1, -0.05) is 38.7 Å². The molecule has 0 spiro atoms. The number of hydrogen-bond donors (Lipinski definition) is 0. The Labute approximate surface area is 137 Å². The maximum Gasteiger partial charge on any atom is 0.201 e. The van der Waals surface area contributed by atoms with Crippen LogP contribution < -0.4 is 4.74 Å². The van der Waals surface area contributed by atoms with Gasteiger partial charge in [-0.2, -0.15) is 4.39 Å². The summed E-state index contributed by atoms with van der Waals surface area (Å²) in [6.45, 7) is 2.23. The first-order valence-corrected chi connectivity index (χ1v) is 8.89. The second kappa shape index (κ2) is 7.02. The van der Waals surface area contributed by atoms with Gasteiger partial charge in [0.15, 0.2) is 11.6 Å². The molecule has 1 fully saturated rings. The highest BCUT2D eigenvalue weighted by Crippen LogP contribution is 2.52. The Hall–Kier alpha value is -1.38. The quantitative estimate of drug-likeness (QED) is 0.586. The smallest absolute Gasteiger partial charge is 0.201 e. The average molecular weight is 320 g/mol. The summed E-state index contributed by atoms with van der Waals surface area (Å²) in [5.41, 5.74) is 1.46. The molecular weight excluding hydrogens is 294 g/mol. The molecule has 0 saturated heterocycles. The number of hydrogen-bond acceptors (Lipinski definition) is 1. The minimum Gasteiger partial charge on any atom is -0.494 e. The molecule has 2 aliphatic rings. The van der Waals surface area contributed by atoms with Crippen LogP contribution in [-0.4, -0.2) is 7.11 Å². The van der Waals surface area contributed by atoms with Crippen molar-refractivity contribution >= 4 is 5.57 Å². The number of rotatable bonds is 6. The van der Waals surface area contributed by atoms with Crippen molar-refractivity contribution in [1.29, 1.82) is 0 Å². The topological polar surface area (TPSA) is 9.23 Å². The van der Waals surface area contributed by atoms with E-state index in [4.69, 9.17) is 4.74 Å². The summed E-state index contributed by atoms with van der Waals surface area (Å²) in [5.74, 6) is 0.143. The highest BCUT2D eigenvalue weighted by molar-refractivity contribution is 5.71. The SMILES string of the molecule is CCCCCC1CCC2C(c3ccc(OC)c(F)c3F)=CCC12. The zero-order valence-electron chi connectivity index (χ0n) is 14.1. The van der Waals surface area contributed by atoms with Gasteiger partial charge >= 0.3 is 0 Å². The van der Waals surface area contributed by atoms with E-state index in [9.17, 15) is 8.78 Å². The second-order valence-electron chi connectivity index (χ2n) is 6.94. The summed E-state index contributed by atoms with van der Waals surface area (Å²) >= 11 is 0. The number of allylic oxidation sites excluding steroid dienone is 2. The summed E-state index contributed by atoms with van der Waals surface area (Å²) in [6, 6.07) is 3.21. The number of unbranched alkanes of at least 4 members (excludes halogenated alkanes) is 2. The molecule has 0 radical (unpaired) electrons. The van der Waals surface area contributed by atoms with E-state index in [2.05, 4.69) is 13.0 Å². The molecule has 0 aromatic heterocycles. The van der Waals surface area contributed by atoms with Crippen molar-refractivity contribution in [2.45, 2.75) is 51.9 Å². The van der Waals surface area contributed by atoms with Crippen LogP contribution in [0, 0.1) is 29.4 Å². The van der Waals surface area contributed by atoms with E-state index in [1.54, 1.807) is 6.07 Å². The van der Waals surface area contributed by atoms with Crippen molar-refractivity contribution in [1.82, 2.24) is 0 Å². The lowest BCUT2D eigenvalue weighted by molar-refractivity contribution is 0.339. The van der Waals surface area contributed by atoms with E-state index < -0.39 is 11.6 Å². The summed E-state index contributed by atoms with van der Waals surface area (Å²) in [7, 11) is 1.36. The zero-order chi connectivity index (χ0) is 16.4. The van der Waals surface area contributed by atoms with Gasteiger partial charge in [-0.15, -0.1) is 0 Å². The number of benzene rings is 1. The van der Waals surface area contributed by atoms with E-state index in [-0.39, 0.29) is 5.75 Å². The van der Waals surface area contributed by atoms with Crippen molar-refractivity contribution < 1.29 is 13.5 Å². The molecule has 0 amide bonds. The molecule has 1 nitrogen and oxygen atoms in total. The van der Waals surface area contributed by atoms with Crippen LogP contribution in [0.5, 0.6) is 5.75 Å². The highest BCUT2D eigenvalue weighted by Gasteiger charge is 2.41. The monoisotopic (exact) mass is 320 g/mol. The van der Waals surface area contributed by atoms with Crippen molar-refractivity contribution in [3.63, 3.8) is 0 Å². The minimum atomic E-state index is -0.869. The van der Waals surface area contributed by atoms with Gasteiger partial charge < -0.3 is 4.74 Å². The first-order valence-electron chi connectivity index (χ1n) is 8.89. The Bertz CT molecular complexity index is 594. The van der Waals surface area contributed by atoms with Crippen LogP contribution in [0.4, 0.5) is 8.78 Å². The van der Waals surface area contributed by atoms with Crippen molar-refractivity contribution in [2.24, 2.45) is 17.8 Å². The van der Waals surface area contributed by atoms with Gasteiger partial charge in [-0.05, 0) is 54.7 Å². The van der Waals surface area contributed by atoms with E-state index >= 15 is 0 Å². The lowest BCUT2D eigenvalue weighted by Crippen LogP contribution is -2.12. The van der Waals surface area contributed by atoms with Crippen LogP contribution in [-0.2, 0) is 0 Å². The number of halogens is 2. The second-order valence-corrected chi connectivity index (χ2v) is 6.94. The summed E-state index contributed by atoms with van der Waals surface area (Å²) < 4.78 is 33.3. The molecule has 126 valence electrons. The molecule has 1 aromatic rings. The third-order valence-corrected chi connectivity index (χ3v) is 5.74. The highest BCUT2D eigenvalue weighted by atomic mass is 19.2. The molecule has 0 bridgehead atoms. The molecular formula is C20H26F2O. The zero-order valence-corrected chi connectivity index (χ0v) is 14.1. The third kappa shape index (κ3) is 3.02. The van der Waals surface area contributed by atoms with Crippen molar-refractivity contribution in [3.8, 4) is 5.75 Å². The molecule has 3 rings (SSSR count). The van der Waals surface area contributed by atoms with Crippen LogP contribution in [0.25, 0.3) is 5.57 Å². The molecule has 23 heavy (non-hydrogen) atoms. The largest absolute Gasteiger partial charge is 0.494 e. The first kappa shape index (κ1) is 16.5.